The number of halogens is 4. The smallest absolute Gasteiger partial charge is 0.399 e. The van der Waals surface area contributed by atoms with Gasteiger partial charge in [0.05, 0.1) is 23.1 Å². The predicted octanol–water partition coefficient (Wildman–Crippen LogP) is 7.63. The molecule has 194 valence electrons. The third kappa shape index (κ3) is 4.50. The topological polar surface area (TPSA) is 92.5 Å². The lowest BCUT2D eigenvalue weighted by molar-refractivity contribution is -0.137. The summed E-state index contributed by atoms with van der Waals surface area (Å²) < 4.78 is 57.5. The lowest BCUT2D eigenvalue weighted by atomic mass is 10.00. The van der Waals surface area contributed by atoms with Gasteiger partial charge in [-0.1, -0.05) is 24.3 Å². The first-order valence-corrected chi connectivity index (χ1v) is 11.9. The van der Waals surface area contributed by atoms with Crippen molar-refractivity contribution in [3.63, 3.8) is 0 Å². The van der Waals surface area contributed by atoms with Crippen molar-refractivity contribution in [2.45, 2.75) is 13.1 Å². The van der Waals surface area contributed by atoms with Crippen molar-refractivity contribution < 1.29 is 17.6 Å². The van der Waals surface area contributed by atoms with Crippen molar-refractivity contribution >= 4 is 39.0 Å². The highest BCUT2D eigenvalue weighted by atomic mass is 19.4. The number of rotatable bonds is 4. The van der Waals surface area contributed by atoms with Gasteiger partial charge in [0, 0.05) is 39.4 Å². The van der Waals surface area contributed by atoms with Gasteiger partial charge in [-0.2, -0.15) is 13.2 Å². The number of benzene rings is 3. The van der Waals surface area contributed by atoms with E-state index in [0.717, 1.165) is 34.0 Å². The fourth-order valence-electron chi connectivity index (χ4n) is 4.64. The molecule has 0 fully saturated rings. The number of nitrogens with zero attached hydrogens (tertiary/aromatic N) is 3. The third-order valence-electron chi connectivity index (χ3n) is 6.58. The van der Waals surface area contributed by atoms with E-state index >= 15 is 4.39 Å². The number of nitrogens with two attached hydrogens (primary N) is 1. The fraction of sp³-hybridized carbons (Fsp3) is 0.0690. The fourth-order valence-corrected chi connectivity index (χ4v) is 4.64. The standard InChI is InChI=1S/C29H20F4N6/c1-15-22(17-4-7-21-23-13-35-14-37-28(23)39-26(21)10-17)11-20(12-36-15)38-27-24(29(31,32)33)8-18(9-25(27)30)16-2-5-19(34)6-3-16/h2-14,38H,34H2,1H3,(H,35,37,39). The van der Waals surface area contributed by atoms with E-state index in [1.807, 2.05) is 18.2 Å². The van der Waals surface area contributed by atoms with Gasteiger partial charge in [-0.05, 0) is 60.0 Å². The summed E-state index contributed by atoms with van der Waals surface area (Å²) in [7, 11) is 0. The minimum Gasteiger partial charge on any atom is -0.399 e. The number of fused-ring (bicyclic) bond motifs is 3. The highest BCUT2D eigenvalue weighted by Gasteiger charge is 2.36. The second kappa shape index (κ2) is 9.09. The Morgan fingerprint density at radius 2 is 1.62 bits per heavy atom. The number of H-pyrrole nitrogens is 1. The molecular weight excluding hydrogens is 508 g/mol. The molecule has 0 atom stereocenters. The molecular formula is C29H20F4N6. The van der Waals surface area contributed by atoms with Gasteiger partial charge in [0.1, 0.15) is 17.8 Å². The van der Waals surface area contributed by atoms with Crippen LogP contribution in [0.5, 0.6) is 0 Å². The second-order valence-corrected chi connectivity index (χ2v) is 9.15. The number of hydrogen-bond donors (Lipinski definition) is 3. The normalized spacial score (nSPS) is 11.8. The average Bonchev–Trinajstić information content (AvgIpc) is 3.28. The molecule has 0 spiro atoms. The lowest BCUT2D eigenvalue weighted by Gasteiger charge is -2.18. The summed E-state index contributed by atoms with van der Waals surface area (Å²) >= 11 is 0. The molecule has 4 N–H and O–H groups in total. The molecule has 6 nitrogen and oxygen atoms in total. The summed E-state index contributed by atoms with van der Waals surface area (Å²) in [6.07, 6.45) is -0.247. The summed E-state index contributed by atoms with van der Waals surface area (Å²) in [4.78, 5) is 15.9. The Kier molecular flexibility index (Phi) is 5.67. The van der Waals surface area contributed by atoms with Crippen LogP contribution in [-0.4, -0.2) is 19.9 Å². The third-order valence-corrected chi connectivity index (χ3v) is 6.58. The maximum Gasteiger partial charge on any atom is 0.418 e. The molecule has 0 saturated carbocycles. The van der Waals surface area contributed by atoms with Gasteiger partial charge in [0.2, 0.25) is 0 Å². The van der Waals surface area contributed by atoms with Crippen molar-refractivity contribution in [2.75, 3.05) is 11.1 Å². The highest BCUT2D eigenvalue weighted by molar-refractivity contribution is 6.06. The largest absolute Gasteiger partial charge is 0.418 e. The molecule has 0 aliphatic heterocycles. The number of hydrogen-bond acceptors (Lipinski definition) is 5. The van der Waals surface area contributed by atoms with E-state index < -0.39 is 23.2 Å². The number of alkyl halides is 3. The SMILES string of the molecule is Cc1ncc(Nc2c(F)cc(-c3ccc(N)cc3)cc2C(F)(F)F)cc1-c1ccc2c(c1)[nH]c1ncncc12. The molecule has 39 heavy (non-hydrogen) atoms. The number of nitrogens with one attached hydrogen (secondary N) is 2. The van der Waals surface area contributed by atoms with Gasteiger partial charge in [0.15, 0.2) is 0 Å². The maximum atomic E-state index is 15.2. The summed E-state index contributed by atoms with van der Waals surface area (Å²) in [5, 5.41) is 4.44. The van der Waals surface area contributed by atoms with E-state index in [9.17, 15) is 13.2 Å². The molecule has 0 aliphatic rings. The quantitative estimate of drug-likeness (QED) is 0.162. The number of nitrogen functional groups attached to an aromatic ring is 1. The Balaban J connectivity index is 1.40. The Labute approximate surface area is 219 Å². The predicted molar refractivity (Wildman–Crippen MR) is 144 cm³/mol. The molecule has 0 saturated heterocycles. The average molecular weight is 529 g/mol. The van der Waals surface area contributed by atoms with Gasteiger partial charge >= 0.3 is 6.18 Å². The van der Waals surface area contributed by atoms with Crippen molar-refractivity contribution in [3.8, 4) is 22.3 Å². The molecule has 0 bridgehead atoms. The van der Waals surface area contributed by atoms with Crippen molar-refractivity contribution in [1.29, 1.82) is 0 Å². The molecule has 10 heteroatoms. The van der Waals surface area contributed by atoms with Crippen LogP contribution >= 0.6 is 0 Å². The van der Waals surface area contributed by atoms with Gasteiger partial charge in [-0.25, -0.2) is 14.4 Å². The van der Waals surface area contributed by atoms with Crippen LogP contribution in [0, 0.1) is 12.7 Å². The van der Waals surface area contributed by atoms with E-state index in [2.05, 4.69) is 25.3 Å². The Morgan fingerprint density at radius 3 is 2.38 bits per heavy atom. The zero-order valence-corrected chi connectivity index (χ0v) is 20.4. The highest BCUT2D eigenvalue weighted by Crippen LogP contribution is 2.41. The van der Waals surface area contributed by atoms with Crippen molar-refractivity contribution in [1.82, 2.24) is 19.9 Å². The number of aromatic amines is 1. The summed E-state index contributed by atoms with van der Waals surface area (Å²) in [6, 6.07) is 15.6. The van der Waals surface area contributed by atoms with Gasteiger partial charge in [-0.15, -0.1) is 0 Å². The van der Waals surface area contributed by atoms with E-state index in [-0.39, 0.29) is 11.3 Å². The molecule has 0 aliphatic carbocycles. The van der Waals surface area contributed by atoms with Crippen LogP contribution in [0.2, 0.25) is 0 Å². The summed E-state index contributed by atoms with van der Waals surface area (Å²) in [6.45, 7) is 1.79. The number of anilines is 3. The lowest BCUT2D eigenvalue weighted by Crippen LogP contribution is -2.11. The monoisotopic (exact) mass is 528 g/mol. The van der Waals surface area contributed by atoms with E-state index in [1.165, 1.54) is 12.5 Å². The van der Waals surface area contributed by atoms with Crippen LogP contribution in [0.4, 0.5) is 34.6 Å². The van der Waals surface area contributed by atoms with Crippen LogP contribution in [0.1, 0.15) is 11.3 Å². The summed E-state index contributed by atoms with van der Waals surface area (Å²) in [5.74, 6) is -1.04. The molecule has 0 amide bonds. The maximum absolute atomic E-state index is 15.2. The zero-order chi connectivity index (χ0) is 27.3. The Hall–Kier alpha value is -4.99. The molecule has 6 rings (SSSR count). The summed E-state index contributed by atoms with van der Waals surface area (Å²) in [5.41, 5.74) is 8.68. The number of aromatic nitrogens is 4. The first kappa shape index (κ1) is 24.4. The van der Waals surface area contributed by atoms with E-state index in [1.54, 1.807) is 43.5 Å². The molecule has 6 aromatic rings. The van der Waals surface area contributed by atoms with Crippen LogP contribution < -0.4 is 11.1 Å². The first-order valence-electron chi connectivity index (χ1n) is 11.9. The number of pyridine rings is 1. The second-order valence-electron chi connectivity index (χ2n) is 9.15. The first-order chi connectivity index (χ1) is 18.7. The van der Waals surface area contributed by atoms with E-state index in [4.69, 9.17) is 5.73 Å². The van der Waals surface area contributed by atoms with Crippen LogP contribution in [0.3, 0.4) is 0 Å². The van der Waals surface area contributed by atoms with Gasteiger partial charge in [-0.3, -0.25) is 4.98 Å². The minimum atomic E-state index is -4.81. The molecule has 3 aromatic heterocycles. The Morgan fingerprint density at radius 1 is 0.846 bits per heavy atom. The van der Waals surface area contributed by atoms with Crippen molar-refractivity contribution in [3.05, 3.63) is 96.5 Å². The molecule has 0 unspecified atom stereocenters. The van der Waals surface area contributed by atoms with Crippen LogP contribution in [0.15, 0.2) is 79.4 Å². The zero-order valence-electron chi connectivity index (χ0n) is 20.4. The minimum absolute atomic E-state index is 0.0874. The van der Waals surface area contributed by atoms with Crippen LogP contribution in [0.25, 0.3) is 44.2 Å². The van der Waals surface area contributed by atoms with Gasteiger partial charge in [0.25, 0.3) is 0 Å². The Bertz CT molecular complexity index is 1860. The molecule has 0 radical (unpaired) electrons. The molecule has 3 aromatic carbocycles. The van der Waals surface area contributed by atoms with Crippen molar-refractivity contribution in [2.24, 2.45) is 0 Å². The molecule has 3 heterocycles. The van der Waals surface area contributed by atoms with Gasteiger partial charge < -0.3 is 16.0 Å². The van der Waals surface area contributed by atoms with E-state index in [0.29, 0.717) is 28.2 Å². The van der Waals surface area contributed by atoms with Crippen LogP contribution in [-0.2, 0) is 6.18 Å². The number of aryl methyl sites for hydroxylation is 1.